The number of hydrogen-bond donors (Lipinski definition) is 1. The Kier molecular flexibility index (Phi) is 4.42. The molecule has 6 heteroatoms. The molecule has 20 heavy (non-hydrogen) atoms. The van der Waals surface area contributed by atoms with E-state index in [9.17, 15) is 4.79 Å². The molecule has 0 bridgehead atoms. The number of hydrogen-bond acceptors (Lipinski definition) is 3. The first-order valence-corrected chi connectivity index (χ1v) is 6.24. The van der Waals surface area contributed by atoms with Gasteiger partial charge in [-0.25, -0.2) is 4.79 Å². The molecule has 0 amide bonds. The van der Waals surface area contributed by atoms with Crippen LogP contribution in [0.5, 0.6) is 5.75 Å². The first-order chi connectivity index (χ1) is 9.56. The lowest BCUT2D eigenvalue weighted by molar-refractivity contribution is -0.131. The molecule has 1 aromatic heterocycles. The summed E-state index contributed by atoms with van der Waals surface area (Å²) < 4.78 is 7.35. The van der Waals surface area contributed by atoms with E-state index in [4.69, 9.17) is 21.4 Å². The predicted octanol–water partition coefficient (Wildman–Crippen LogP) is 2.75. The van der Waals surface area contributed by atoms with E-state index in [0.717, 1.165) is 11.6 Å². The van der Waals surface area contributed by atoms with Crippen molar-refractivity contribution in [2.24, 2.45) is 7.05 Å². The number of carboxylic acid groups (broad SMARTS) is 1. The Hall–Kier alpha value is -2.27. The van der Waals surface area contributed by atoms with E-state index >= 15 is 0 Å². The third kappa shape index (κ3) is 3.61. The van der Waals surface area contributed by atoms with Gasteiger partial charge in [0.15, 0.2) is 0 Å². The van der Waals surface area contributed by atoms with Crippen LogP contribution >= 0.6 is 11.6 Å². The second-order valence-corrected chi connectivity index (χ2v) is 4.55. The van der Waals surface area contributed by atoms with Crippen LogP contribution in [0.1, 0.15) is 11.1 Å². The predicted molar refractivity (Wildman–Crippen MR) is 75.7 cm³/mol. The van der Waals surface area contributed by atoms with E-state index in [2.05, 4.69) is 5.10 Å². The van der Waals surface area contributed by atoms with Gasteiger partial charge in [-0.1, -0.05) is 23.7 Å². The van der Waals surface area contributed by atoms with Crippen LogP contribution in [-0.4, -0.2) is 20.9 Å². The van der Waals surface area contributed by atoms with Crippen LogP contribution in [-0.2, 0) is 18.4 Å². The smallest absolute Gasteiger partial charge is 0.328 e. The molecule has 0 aliphatic heterocycles. The molecule has 0 saturated heterocycles. The van der Waals surface area contributed by atoms with Gasteiger partial charge in [-0.3, -0.25) is 4.68 Å². The molecule has 2 aromatic rings. The number of aryl methyl sites for hydroxylation is 1. The summed E-state index contributed by atoms with van der Waals surface area (Å²) in [7, 11) is 1.82. The van der Waals surface area contributed by atoms with Crippen LogP contribution in [0.4, 0.5) is 0 Å². The summed E-state index contributed by atoms with van der Waals surface area (Å²) in [5.74, 6) is -0.571. The fourth-order valence-electron chi connectivity index (χ4n) is 1.67. The minimum atomic E-state index is -1.02. The molecule has 0 radical (unpaired) electrons. The number of halogens is 1. The molecule has 0 unspecified atom stereocenters. The SMILES string of the molecule is Cn1cc(COc2c(Cl)cccc2/C=C/C(=O)O)cn1. The van der Waals surface area contributed by atoms with Gasteiger partial charge in [0.1, 0.15) is 12.4 Å². The normalized spacial score (nSPS) is 10.9. The molecule has 1 aromatic carbocycles. The van der Waals surface area contributed by atoms with E-state index < -0.39 is 5.97 Å². The Morgan fingerprint density at radius 3 is 3.00 bits per heavy atom. The molecule has 104 valence electrons. The molecule has 0 aliphatic carbocycles. The zero-order valence-electron chi connectivity index (χ0n) is 10.8. The van der Waals surface area contributed by atoms with Gasteiger partial charge in [0.05, 0.1) is 11.2 Å². The molecule has 0 atom stereocenters. The van der Waals surface area contributed by atoms with Gasteiger partial charge in [0, 0.05) is 30.4 Å². The second-order valence-electron chi connectivity index (χ2n) is 4.14. The Balaban J connectivity index is 2.19. The first kappa shape index (κ1) is 14.1. The van der Waals surface area contributed by atoms with E-state index in [1.165, 1.54) is 6.08 Å². The second kappa shape index (κ2) is 6.25. The lowest BCUT2D eigenvalue weighted by atomic mass is 10.2. The van der Waals surface area contributed by atoms with Gasteiger partial charge in [0.2, 0.25) is 0 Å². The molecule has 0 fully saturated rings. The van der Waals surface area contributed by atoms with Crippen molar-refractivity contribution in [3.63, 3.8) is 0 Å². The number of aromatic nitrogens is 2. The van der Waals surface area contributed by atoms with Gasteiger partial charge in [-0.2, -0.15) is 5.10 Å². The van der Waals surface area contributed by atoms with Crippen LogP contribution in [0.2, 0.25) is 5.02 Å². The van der Waals surface area contributed by atoms with Gasteiger partial charge in [-0.15, -0.1) is 0 Å². The molecule has 0 spiro atoms. The van der Waals surface area contributed by atoms with Gasteiger partial charge in [0.25, 0.3) is 0 Å². The molecule has 2 rings (SSSR count). The van der Waals surface area contributed by atoms with Crippen molar-refractivity contribution in [3.05, 3.63) is 52.8 Å². The summed E-state index contributed by atoms with van der Waals surface area (Å²) in [6.07, 6.45) is 6.03. The highest BCUT2D eigenvalue weighted by atomic mass is 35.5. The van der Waals surface area contributed by atoms with E-state index in [0.29, 0.717) is 22.9 Å². The Labute approximate surface area is 121 Å². The van der Waals surface area contributed by atoms with Crippen molar-refractivity contribution in [1.82, 2.24) is 9.78 Å². The lowest BCUT2D eigenvalue weighted by Gasteiger charge is -2.10. The largest absolute Gasteiger partial charge is 0.487 e. The average molecular weight is 293 g/mol. The van der Waals surface area contributed by atoms with Crippen LogP contribution in [0.25, 0.3) is 6.08 Å². The fourth-order valence-corrected chi connectivity index (χ4v) is 1.91. The van der Waals surface area contributed by atoms with Crippen molar-refractivity contribution in [2.45, 2.75) is 6.61 Å². The summed E-state index contributed by atoms with van der Waals surface area (Å²) in [5, 5.41) is 13.2. The summed E-state index contributed by atoms with van der Waals surface area (Å²) in [6.45, 7) is 0.311. The third-order valence-electron chi connectivity index (χ3n) is 2.54. The molecule has 1 heterocycles. The number of aliphatic carboxylic acids is 1. The van der Waals surface area contributed by atoms with Gasteiger partial charge < -0.3 is 9.84 Å². The Morgan fingerprint density at radius 2 is 2.35 bits per heavy atom. The van der Waals surface area contributed by atoms with Gasteiger partial charge in [-0.05, 0) is 12.1 Å². The number of para-hydroxylation sites is 1. The van der Waals surface area contributed by atoms with Crippen LogP contribution < -0.4 is 4.74 Å². The molecule has 1 N–H and O–H groups in total. The maximum absolute atomic E-state index is 10.6. The number of nitrogens with zero attached hydrogens (tertiary/aromatic N) is 2. The first-order valence-electron chi connectivity index (χ1n) is 5.86. The number of ether oxygens (including phenoxy) is 1. The minimum Gasteiger partial charge on any atom is -0.487 e. The quantitative estimate of drug-likeness (QED) is 0.861. The molecule has 0 saturated carbocycles. The van der Waals surface area contributed by atoms with Crippen molar-refractivity contribution in [2.75, 3.05) is 0 Å². The standard InChI is InChI=1S/C14H13ClN2O3/c1-17-8-10(7-16-17)9-20-14-11(5-6-13(18)19)3-2-4-12(14)15/h2-8H,9H2,1H3,(H,18,19)/b6-5+. The topological polar surface area (TPSA) is 64.3 Å². The average Bonchev–Trinajstić information content (AvgIpc) is 2.81. The third-order valence-corrected chi connectivity index (χ3v) is 2.84. The van der Waals surface area contributed by atoms with Crippen molar-refractivity contribution in [1.29, 1.82) is 0 Å². The zero-order chi connectivity index (χ0) is 14.5. The lowest BCUT2D eigenvalue weighted by Crippen LogP contribution is -1.97. The maximum atomic E-state index is 10.6. The Morgan fingerprint density at radius 1 is 1.55 bits per heavy atom. The van der Waals surface area contributed by atoms with Gasteiger partial charge >= 0.3 is 5.97 Å². The summed E-state index contributed by atoms with van der Waals surface area (Å²) in [6, 6.07) is 5.17. The van der Waals surface area contributed by atoms with Crippen LogP contribution in [0.3, 0.4) is 0 Å². The Bertz CT molecular complexity index is 650. The molecular formula is C14H13ClN2O3. The molecule has 5 nitrogen and oxygen atoms in total. The fraction of sp³-hybridized carbons (Fsp3) is 0.143. The highest BCUT2D eigenvalue weighted by Gasteiger charge is 2.07. The monoisotopic (exact) mass is 292 g/mol. The molecule has 0 aliphatic rings. The van der Waals surface area contributed by atoms with Crippen LogP contribution in [0, 0.1) is 0 Å². The van der Waals surface area contributed by atoms with E-state index in [-0.39, 0.29) is 0 Å². The summed E-state index contributed by atoms with van der Waals surface area (Å²) >= 11 is 6.09. The van der Waals surface area contributed by atoms with Crippen LogP contribution in [0.15, 0.2) is 36.7 Å². The molecular weight excluding hydrogens is 280 g/mol. The number of benzene rings is 1. The minimum absolute atomic E-state index is 0.311. The highest BCUT2D eigenvalue weighted by molar-refractivity contribution is 6.32. The highest BCUT2D eigenvalue weighted by Crippen LogP contribution is 2.30. The summed E-state index contributed by atoms with van der Waals surface area (Å²) in [5.41, 5.74) is 1.52. The number of carboxylic acids is 1. The van der Waals surface area contributed by atoms with Crippen molar-refractivity contribution in [3.8, 4) is 5.75 Å². The maximum Gasteiger partial charge on any atom is 0.328 e. The van der Waals surface area contributed by atoms with Crippen molar-refractivity contribution >= 4 is 23.6 Å². The zero-order valence-corrected chi connectivity index (χ0v) is 11.5. The van der Waals surface area contributed by atoms with E-state index in [1.807, 2.05) is 13.2 Å². The summed E-state index contributed by atoms with van der Waals surface area (Å²) in [4.78, 5) is 10.6. The van der Waals surface area contributed by atoms with E-state index in [1.54, 1.807) is 29.1 Å². The number of rotatable bonds is 5. The van der Waals surface area contributed by atoms with Crippen molar-refractivity contribution < 1.29 is 14.6 Å². The number of carbonyl (C=O) groups is 1.